The van der Waals surface area contributed by atoms with Crippen LogP contribution < -0.4 is 10.1 Å². The summed E-state index contributed by atoms with van der Waals surface area (Å²) >= 11 is 0. The van der Waals surface area contributed by atoms with E-state index in [0.717, 1.165) is 5.56 Å². The third kappa shape index (κ3) is 3.25. The standard InChI is InChI=1S/C18H13FN2O3/c19-15-8-16-12(3-6-18(23)21-16)7-14(15)17(22)10-24-13-4-1-11(9-20)2-5-13/h1-2,4-5,7-8H,3,6,10H2,(H,21,23). The summed E-state index contributed by atoms with van der Waals surface area (Å²) in [7, 11) is 0. The summed E-state index contributed by atoms with van der Waals surface area (Å²) in [5, 5.41) is 11.3. The van der Waals surface area contributed by atoms with Crippen LogP contribution >= 0.6 is 0 Å². The summed E-state index contributed by atoms with van der Waals surface area (Å²) in [6.07, 6.45) is 0.784. The molecule has 0 unspecified atom stereocenters. The SMILES string of the molecule is N#Cc1ccc(OCC(=O)c2cc3c(cc2F)NC(=O)CC3)cc1. The average molecular weight is 324 g/mol. The molecule has 0 bridgehead atoms. The number of hydrogen-bond donors (Lipinski definition) is 1. The molecule has 1 aliphatic heterocycles. The van der Waals surface area contributed by atoms with Gasteiger partial charge < -0.3 is 10.1 Å². The highest BCUT2D eigenvalue weighted by molar-refractivity contribution is 6.00. The number of halogens is 1. The number of hydrogen-bond acceptors (Lipinski definition) is 4. The van der Waals surface area contributed by atoms with E-state index in [9.17, 15) is 14.0 Å². The van der Waals surface area contributed by atoms with Gasteiger partial charge in [0.15, 0.2) is 6.61 Å². The lowest BCUT2D eigenvalue weighted by Gasteiger charge is -2.18. The number of nitriles is 1. The zero-order valence-electron chi connectivity index (χ0n) is 12.6. The van der Waals surface area contributed by atoms with E-state index < -0.39 is 11.6 Å². The molecule has 1 amide bonds. The predicted molar refractivity (Wildman–Crippen MR) is 84.3 cm³/mol. The zero-order chi connectivity index (χ0) is 17.1. The van der Waals surface area contributed by atoms with Crippen molar-refractivity contribution in [2.75, 3.05) is 11.9 Å². The summed E-state index contributed by atoms with van der Waals surface area (Å²) in [5.74, 6) is -0.918. The average Bonchev–Trinajstić information content (AvgIpc) is 2.59. The molecule has 0 atom stereocenters. The molecule has 1 aliphatic rings. The Kier molecular flexibility index (Phi) is 4.25. The molecule has 2 aromatic rings. The quantitative estimate of drug-likeness (QED) is 0.877. The Morgan fingerprint density at radius 2 is 2.00 bits per heavy atom. The number of ether oxygens (including phenoxy) is 1. The number of nitrogens with one attached hydrogen (secondary N) is 1. The lowest BCUT2D eigenvalue weighted by Crippen LogP contribution is -2.21. The molecule has 24 heavy (non-hydrogen) atoms. The van der Waals surface area contributed by atoms with Gasteiger partial charge in [-0.3, -0.25) is 9.59 Å². The third-order valence-electron chi connectivity index (χ3n) is 3.74. The summed E-state index contributed by atoms with van der Waals surface area (Å²) in [6.45, 7) is -0.312. The molecule has 0 spiro atoms. The number of fused-ring (bicyclic) bond motifs is 1. The first kappa shape index (κ1) is 15.7. The number of ketones is 1. The van der Waals surface area contributed by atoms with Gasteiger partial charge in [0.2, 0.25) is 11.7 Å². The first-order valence-corrected chi connectivity index (χ1v) is 7.35. The van der Waals surface area contributed by atoms with Crippen molar-refractivity contribution in [3.05, 3.63) is 58.9 Å². The van der Waals surface area contributed by atoms with E-state index in [-0.39, 0.29) is 18.1 Å². The molecule has 0 aromatic heterocycles. The topological polar surface area (TPSA) is 79.2 Å². The first-order chi connectivity index (χ1) is 11.6. The van der Waals surface area contributed by atoms with Gasteiger partial charge in [-0.15, -0.1) is 0 Å². The van der Waals surface area contributed by atoms with Crippen molar-refractivity contribution in [2.24, 2.45) is 0 Å². The third-order valence-corrected chi connectivity index (χ3v) is 3.74. The second-order valence-corrected chi connectivity index (χ2v) is 5.39. The fraction of sp³-hybridized carbons (Fsp3) is 0.167. The molecule has 120 valence electrons. The minimum atomic E-state index is -0.690. The number of Topliss-reactive ketones (excluding diaryl/α,β-unsaturated/α-hetero) is 1. The minimum Gasteiger partial charge on any atom is -0.485 e. The largest absolute Gasteiger partial charge is 0.485 e. The molecule has 1 N–H and O–H groups in total. The van der Waals surface area contributed by atoms with Crippen molar-refractivity contribution < 1.29 is 18.7 Å². The van der Waals surface area contributed by atoms with Crippen LogP contribution in [0, 0.1) is 17.1 Å². The van der Waals surface area contributed by atoms with E-state index in [2.05, 4.69) is 5.32 Å². The second kappa shape index (κ2) is 6.50. The van der Waals surface area contributed by atoms with Gasteiger partial charge in [0.1, 0.15) is 11.6 Å². The van der Waals surface area contributed by atoms with Crippen molar-refractivity contribution in [1.82, 2.24) is 0 Å². The van der Waals surface area contributed by atoms with Crippen LogP contribution in [0.5, 0.6) is 5.75 Å². The molecule has 0 fully saturated rings. The lowest BCUT2D eigenvalue weighted by atomic mass is 9.98. The maximum Gasteiger partial charge on any atom is 0.224 e. The molecular weight excluding hydrogens is 311 g/mol. The monoisotopic (exact) mass is 324 g/mol. The Morgan fingerprint density at radius 1 is 1.25 bits per heavy atom. The number of anilines is 1. The summed E-state index contributed by atoms with van der Waals surface area (Å²) in [6, 6.07) is 10.9. The summed E-state index contributed by atoms with van der Waals surface area (Å²) < 4.78 is 19.5. The fourth-order valence-corrected chi connectivity index (χ4v) is 2.47. The van der Waals surface area contributed by atoms with E-state index in [1.165, 1.54) is 12.1 Å². The van der Waals surface area contributed by atoms with E-state index in [1.54, 1.807) is 24.3 Å². The van der Waals surface area contributed by atoms with Gasteiger partial charge in [-0.25, -0.2) is 4.39 Å². The van der Waals surface area contributed by atoms with Crippen LogP contribution in [0.15, 0.2) is 36.4 Å². The van der Waals surface area contributed by atoms with E-state index >= 15 is 0 Å². The van der Waals surface area contributed by atoms with Crippen molar-refractivity contribution in [3.8, 4) is 11.8 Å². The Bertz CT molecular complexity index is 854. The van der Waals surface area contributed by atoms with Gasteiger partial charge in [0.05, 0.1) is 17.2 Å². The molecule has 1 heterocycles. The molecule has 0 aliphatic carbocycles. The first-order valence-electron chi connectivity index (χ1n) is 7.35. The lowest BCUT2D eigenvalue weighted by molar-refractivity contribution is -0.116. The van der Waals surface area contributed by atoms with Crippen LogP contribution in [-0.2, 0) is 11.2 Å². The Balaban J connectivity index is 1.73. The molecule has 0 saturated carbocycles. The number of carbonyl (C=O) groups is 2. The zero-order valence-corrected chi connectivity index (χ0v) is 12.6. The molecule has 2 aromatic carbocycles. The van der Waals surface area contributed by atoms with Crippen molar-refractivity contribution >= 4 is 17.4 Å². The molecule has 6 heteroatoms. The normalized spacial score (nSPS) is 12.8. The van der Waals surface area contributed by atoms with Crippen LogP contribution in [0.1, 0.15) is 27.9 Å². The highest BCUT2D eigenvalue weighted by atomic mass is 19.1. The van der Waals surface area contributed by atoms with Crippen LogP contribution in [0.3, 0.4) is 0 Å². The van der Waals surface area contributed by atoms with Gasteiger partial charge in [0.25, 0.3) is 0 Å². The van der Waals surface area contributed by atoms with Gasteiger partial charge in [-0.1, -0.05) is 0 Å². The van der Waals surface area contributed by atoms with Crippen molar-refractivity contribution in [2.45, 2.75) is 12.8 Å². The Morgan fingerprint density at radius 3 is 2.71 bits per heavy atom. The number of nitrogens with zero attached hydrogens (tertiary/aromatic N) is 1. The highest BCUT2D eigenvalue weighted by Crippen LogP contribution is 2.26. The number of benzene rings is 2. The highest BCUT2D eigenvalue weighted by Gasteiger charge is 2.20. The number of amides is 1. The van der Waals surface area contributed by atoms with Gasteiger partial charge in [-0.2, -0.15) is 5.26 Å². The van der Waals surface area contributed by atoms with Crippen LogP contribution in [0.2, 0.25) is 0 Å². The number of rotatable bonds is 4. The van der Waals surface area contributed by atoms with Crippen LogP contribution in [-0.4, -0.2) is 18.3 Å². The fourth-order valence-electron chi connectivity index (χ4n) is 2.47. The minimum absolute atomic E-state index is 0.0569. The van der Waals surface area contributed by atoms with Crippen LogP contribution in [0.4, 0.5) is 10.1 Å². The Labute approximate surface area is 137 Å². The van der Waals surface area contributed by atoms with Gasteiger partial charge in [-0.05, 0) is 48.4 Å². The summed E-state index contributed by atoms with van der Waals surface area (Å²) in [4.78, 5) is 23.5. The van der Waals surface area contributed by atoms with Crippen molar-refractivity contribution in [1.29, 1.82) is 5.26 Å². The maximum absolute atomic E-state index is 14.1. The predicted octanol–water partition coefficient (Wildman–Crippen LogP) is 2.84. The maximum atomic E-state index is 14.1. The van der Waals surface area contributed by atoms with Crippen molar-refractivity contribution in [3.63, 3.8) is 0 Å². The molecule has 0 radical (unpaired) electrons. The van der Waals surface area contributed by atoms with E-state index in [1.807, 2.05) is 6.07 Å². The van der Waals surface area contributed by atoms with E-state index in [0.29, 0.717) is 29.8 Å². The molecule has 5 nitrogen and oxygen atoms in total. The Hall–Kier alpha value is -3.20. The number of aryl methyl sites for hydroxylation is 1. The van der Waals surface area contributed by atoms with Gasteiger partial charge >= 0.3 is 0 Å². The molecular formula is C18H13FN2O3. The van der Waals surface area contributed by atoms with Gasteiger partial charge in [0, 0.05) is 12.1 Å². The van der Waals surface area contributed by atoms with E-state index in [4.69, 9.17) is 10.00 Å². The molecule has 0 saturated heterocycles. The van der Waals surface area contributed by atoms with Crippen LogP contribution in [0.25, 0.3) is 0 Å². The number of carbonyl (C=O) groups excluding carboxylic acids is 2. The molecule has 3 rings (SSSR count). The summed E-state index contributed by atoms with van der Waals surface area (Å²) in [5.41, 5.74) is 1.57. The smallest absolute Gasteiger partial charge is 0.224 e. The second-order valence-electron chi connectivity index (χ2n) is 5.39.